The summed E-state index contributed by atoms with van der Waals surface area (Å²) in [5.41, 5.74) is 10.3. The molecule has 1 aromatic carbocycles. The number of halogens is 1. The molecule has 3 N–H and O–H groups in total. The average Bonchev–Trinajstić information content (AvgIpc) is 2.59. The van der Waals surface area contributed by atoms with Gasteiger partial charge in [0.05, 0.1) is 10.7 Å². The lowest BCUT2D eigenvalue weighted by atomic mass is 10.0. The highest BCUT2D eigenvalue weighted by Gasteiger charge is 2.19. The molecule has 0 radical (unpaired) electrons. The van der Waals surface area contributed by atoms with Gasteiger partial charge in [-0.15, -0.1) is 0 Å². The van der Waals surface area contributed by atoms with Crippen molar-refractivity contribution < 1.29 is 4.79 Å². The van der Waals surface area contributed by atoms with Crippen molar-refractivity contribution in [3.8, 4) is 0 Å². The van der Waals surface area contributed by atoms with Crippen molar-refractivity contribution >= 4 is 23.1 Å². The van der Waals surface area contributed by atoms with Crippen LogP contribution in [0.25, 0.3) is 0 Å². The molecule has 0 atom stereocenters. The third-order valence-corrected chi connectivity index (χ3v) is 3.60. The van der Waals surface area contributed by atoms with Gasteiger partial charge in [-0.25, -0.2) is 0 Å². The van der Waals surface area contributed by atoms with E-state index in [1.54, 1.807) is 18.2 Å². The normalized spacial score (nSPS) is 10.7. The number of anilines is 1. The molecule has 4 heteroatoms. The minimum atomic E-state index is -0.124. The molecular formula is C14H15ClN2O. The van der Waals surface area contributed by atoms with E-state index in [1.165, 1.54) is 0 Å². The van der Waals surface area contributed by atoms with Gasteiger partial charge in [0.2, 0.25) is 5.78 Å². The topological polar surface area (TPSA) is 58.9 Å². The Morgan fingerprint density at radius 1 is 1.22 bits per heavy atom. The number of nitrogens with two attached hydrogens (primary N) is 1. The van der Waals surface area contributed by atoms with E-state index >= 15 is 0 Å². The Kier molecular flexibility index (Phi) is 3.18. The summed E-state index contributed by atoms with van der Waals surface area (Å²) in [6.07, 6.45) is 0. The number of rotatable bonds is 2. The van der Waals surface area contributed by atoms with E-state index in [2.05, 4.69) is 4.98 Å². The first-order valence-corrected chi connectivity index (χ1v) is 6.05. The molecule has 0 saturated heterocycles. The Bertz CT molecular complexity index is 629. The highest BCUT2D eigenvalue weighted by molar-refractivity contribution is 6.35. The zero-order chi connectivity index (χ0) is 13.4. The van der Waals surface area contributed by atoms with Gasteiger partial charge in [0.15, 0.2) is 0 Å². The predicted octanol–water partition coefficient (Wildman–Crippen LogP) is 3.41. The summed E-state index contributed by atoms with van der Waals surface area (Å²) in [4.78, 5) is 15.5. The van der Waals surface area contributed by atoms with Crippen molar-refractivity contribution in [2.75, 3.05) is 5.73 Å². The van der Waals surface area contributed by atoms with Gasteiger partial charge in [0.1, 0.15) is 0 Å². The fourth-order valence-electron chi connectivity index (χ4n) is 1.92. The number of nitrogen functional groups attached to an aromatic ring is 1. The quantitative estimate of drug-likeness (QED) is 0.644. The van der Waals surface area contributed by atoms with Crippen molar-refractivity contribution in [2.45, 2.75) is 20.8 Å². The first kappa shape index (κ1) is 12.7. The van der Waals surface area contributed by atoms with Crippen LogP contribution in [-0.2, 0) is 0 Å². The number of carbonyl (C=O) groups excluding carboxylic acids is 1. The van der Waals surface area contributed by atoms with Crippen LogP contribution in [0.3, 0.4) is 0 Å². The molecule has 1 aromatic heterocycles. The molecule has 18 heavy (non-hydrogen) atoms. The molecule has 3 nitrogen and oxygen atoms in total. The molecule has 0 aliphatic heterocycles. The zero-order valence-electron chi connectivity index (χ0n) is 10.6. The predicted molar refractivity (Wildman–Crippen MR) is 74.3 cm³/mol. The molecule has 0 amide bonds. The van der Waals surface area contributed by atoms with Gasteiger partial charge in [-0.05, 0) is 50.1 Å². The third-order valence-electron chi connectivity index (χ3n) is 3.27. The molecule has 0 bridgehead atoms. The number of H-pyrrole nitrogens is 1. The fraction of sp³-hybridized carbons (Fsp3) is 0.214. The summed E-state index contributed by atoms with van der Waals surface area (Å²) in [7, 11) is 0. The number of hydrogen-bond donors (Lipinski definition) is 2. The van der Waals surface area contributed by atoms with E-state index in [0.717, 1.165) is 16.8 Å². The van der Waals surface area contributed by atoms with Crippen molar-refractivity contribution in [3.05, 3.63) is 51.3 Å². The molecule has 1 heterocycles. The summed E-state index contributed by atoms with van der Waals surface area (Å²) >= 11 is 6.05. The number of aromatic nitrogens is 1. The molecule has 0 unspecified atom stereocenters. The Balaban J connectivity index is 2.54. The van der Waals surface area contributed by atoms with E-state index in [1.807, 2.05) is 20.8 Å². The van der Waals surface area contributed by atoms with Crippen molar-refractivity contribution in [1.82, 2.24) is 4.98 Å². The third kappa shape index (κ3) is 2.02. The monoisotopic (exact) mass is 262 g/mol. The summed E-state index contributed by atoms with van der Waals surface area (Å²) in [6.45, 7) is 5.85. The number of ketones is 1. The van der Waals surface area contributed by atoms with Gasteiger partial charge >= 0.3 is 0 Å². The largest absolute Gasteiger partial charge is 0.399 e. The van der Waals surface area contributed by atoms with E-state index < -0.39 is 0 Å². The molecule has 0 fully saturated rings. The van der Waals surface area contributed by atoms with E-state index in [4.69, 9.17) is 17.3 Å². The highest BCUT2D eigenvalue weighted by Crippen LogP contribution is 2.25. The van der Waals surface area contributed by atoms with Crippen LogP contribution in [0, 0.1) is 20.8 Å². The van der Waals surface area contributed by atoms with Crippen LogP contribution in [0.15, 0.2) is 18.2 Å². The summed E-state index contributed by atoms with van der Waals surface area (Å²) < 4.78 is 0. The van der Waals surface area contributed by atoms with E-state index in [-0.39, 0.29) is 5.78 Å². The van der Waals surface area contributed by atoms with Crippen LogP contribution in [0.2, 0.25) is 5.02 Å². The smallest absolute Gasteiger partial charge is 0.211 e. The van der Waals surface area contributed by atoms with E-state index in [0.29, 0.717) is 22.0 Å². The summed E-state index contributed by atoms with van der Waals surface area (Å²) in [5, 5.41) is 0.415. The Morgan fingerprint density at radius 2 is 1.89 bits per heavy atom. The maximum absolute atomic E-state index is 12.4. The molecule has 0 aliphatic carbocycles. The van der Waals surface area contributed by atoms with Gasteiger partial charge in [-0.2, -0.15) is 0 Å². The minimum Gasteiger partial charge on any atom is -0.399 e. The molecule has 94 valence electrons. The van der Waals surface area contributed by atoms with Gasteiger partial charge in [0.25, 0.3) is 0 Å². The summed E-state index contributed by atoms with van der Waals surface area (Å²) in [5.74, 6) is -0.124. The Labute approximate surface area is 111 Å². The second kappa shape index (κ2) is 4.50. The summed E-state index contributed by atoms with van der Waals surface area (Å²) in [6, 6.07) is 4.93. The van der Waals surface area contributed by atoms with Crippen LogP contribution in [-0.4, -0.2) is 10.8 Å². The second-order valence-corrected chi connectivity index (χ2v) is 4.85. The van der Waals surface area contributed by atoms with E-state index in [9.17, 15) is 4.79 Å². The molecular weight excluding hydrogens is 248 g/mol. The van der Waals surface area contributed by atoms with Crippen molar-refractivity contribution in [1.29, 1.82) is 0 Å². The van der Waals surface area contributed by atoms with Gasteiger partial charge in [0, 0.05) is 16.9 Å². The van der Waals surface area contributed by atoms with Gasteiger partial charge in [-0.1, -0.05) is 11.6 Å². The van der Waals surface area contributed by atoms with Crippen molar-refractivity contribution in [3.63, 3.8) is 0 Å². The van der Waals surface area contributed by atoms with Crippen LogP contribution < -0.4 is 5.73 Å². The lowest BCUT2D eigenvalue weighted by Crippen LogP contribution is -2.05. The van der Waals surface area contributed by atoms with Crippen LogP contribution in [0.5, 0.6) is 0 Å². The van der Waals surface area contributed by atoms with Crippen LogP contribution >= 0.6 is 11.6 Å². The number of aromatic amines is 1. The van der Waals surface area contributed by atoms with Gasteiger partial charge < -0.3 is 10.7 Å². The zero-order valence-corrected chi connectivity index (χ0v) is 11.4. The van der Waals surface area contributed by atoms with Crippen LogP contribution in [0.4, 0.5) is 5.69 Å². The molecule has 0 saturated carbocycles. The molecule has 0 aliphatic rings. The number of nitrogens with one attached hydrogen (secondary N) is 1. The first-order valence-electron chi connectivity index (χ1n) is 5.67. The lowest BCUT2D eigenvalue weighted by Gasteiger charge is -2.04. The molecule has 2 aromatic rings. The Hall–Kier alpha value is -1.74. The number of aryl methyl sites for hydroxylation is 1. The number of benzene rings is 1. The fourth-order valence-corrected chi connectivity index (χ4v) is 2.13. The lowest BCUT2D eigenvalue weighted by molar-refractivity contribution is 0.103. The highest BCUT2D eigenvalue weighted by atomic mass is 35.5. The average molecular weight is 263 g/mol. The minimum absolute atomic E-state index is 0.124. The maximum Gasteiger partial charge on any atom is 0.211 e. The standard InChI is InChI=1S/C14H15ClN2O/c1-7-8(2)13(17-9(7)3)14(18)11-6-10(16)4-5-12(11)15/h4-6,17H,16H2,1-3H3. The van der Waals surface area contributed by atoms with Gasteiger partial charge in [-0.3, -0.25) is 4.79 Å². The maximum atomic E-state index is 12.4. The second-order valence-electron chi connectivity index (χ2n) is 4.44. The molecule has 2 rings (SSSR count). The first-order chi connectivity index (χ1) is 8.41. The van der Waals surface area contributed by atoms with Crippen molar-refractivity contribution in [2.24, 2.45) is 0 Å². The number of hydrogen-bond acceptors (Lipinski definition) is 2. The molecule has 0 spiro atoms. The van der Waals surface area contributed by atoms with Crippen LogP contribution in [0.1, 0.15) is 32.9 Å². The SMILES string of the molecule is Cc1[nH]c(C(=O)c2cc(N)ccc2Cl)c(C)c1C. The Morgan fingerprint density at radius 3 is 2.44 bits per heavy atom. The number of carbonyl (C=O) groups is 1.